The van der Waals surface area contributed by atoms with Crippen molar-refractivity contribution in [2.24, 2.45) is 0 Å². The fraction of sp³-hybridized carbons (Fsp3) is 0.368. The van der Waals surface area contributed by atoms with Crippen LogP contribution in [0.25, 0.3) is 11.1 Å². The number of amides is 1. The number of oxazole rings is 1. The third-order valence-corrected chi connectivity index (χ3v) is 4.89. The molecule has 1 aliphatic carbocycles. The summed E-state index contributed by atoms with van der Waals surface area (Å²) in [5.41, 5.74) is 0.980. The molecule has 1 N–H and O–H groups in total. The van der Waals surface area contributed by atoms with Crippen LogP contribution in [0.3, 0.4) is 0 Å². The molecule has 0 aliphatic heterocycles. The van der Waals surface area contributed by atoms with Gasteiger partial charge in [0.25, 0.3) is 5.91 Å². The number of hydrogen-bond donors (Lipinski definition) is 1. The summed E-state index contributed by atoms with van der Waals surface area (Å²) in [7, 11) is 0. The number of alkyl halides is 3. The van der Waals surface area contributed by atoms with E-state index in [1.54, 1.807) is 6.07 Å². The van der Waals surface area contributed by atoms with Crippen LogP contribution in [-0.4, -0.2) is 16.9 Å². The Hall–Kier alpha value is -2.84. The van der Waals surface area contributed by atoms with Crippen LogP contribution >= 0.6 is 0 Å². The predicted molar refractivity (Wildman–Crippen MR) is 90.1 cm³/mol. The van der Waals surface area contributed by atoms with Crippen molar-refractivity contribution in [1.29, 1.82) is 0 Å². The summed E-state index contributed by atoms with van der Waals surface area (Å²) in [6.07, 6.45) is -2.01. The summed E-state index contributed by atoms with van der Waals surface area (Å²) < 4.78 is 61.2. The third kappa shape index (κ3) is 3.74. The third-order valence-electron chi connectivity index (χ3n) is 4.89. The molecule has 1 fully saturated rings. The molecule has 1 saturated carbocycles. The zero-order chi connectivity index (χ0) is 19.9. The minimum Gasteiger partial charge on any atom is -0.446 e. The Labute approximate surface area is 156 Å². The molecule has 0 unspecified atom stereocenters. The lowest BCUT2D eigenvalue weighted by Crippen LogP contribution is -2.37. The van der Waals surface area contributed by atoms with E-state index in [0.29, 0.717) is 42.7 Å². The Morgan fingerprint density at radius 3 is 2.50 bits per heavy atom. The van der Waals surface area contributed by atoms with Crippen molar-refractivity contribution in [3.05, 3.63) is 53.6 Å². The van der Waals surface area contributed by atoms with Crippen molar-refractivity contribution in [3.63, 3.8) is 0 Å². The number of aromatic nitrogens is 1. The monoisotopic (exact) mass is 396 g/mol. The van der Waals surface area contributed by atoms with Gasteiger partial charge in [-0.05, 0) is 49.9 Å². The number of nitrogens with one attached hydrogen (secondary N) is 1. The van der Waals surface area contributed by atoms with E-state index >= 15 is 0 Å². The van der Waals surface area contributed by atoms with Crippen LogP contribution in [0, 0.1) is 5.82 Å². The number of hydrogen-bond acceptors (Lipinski definition) is 4. The second-order valence-corrected chi connectivity index (χ2v) is 6.85. The van der Waals surface area contributed by atoms with Gasteiger partial charge in [-0.1, -0.05) is 0 Å². The van der Waals surface area contributed by atoms with E-state index < -0.39 is 23.7 Å². The molecule has 1 amide bonds. The average molecular weight is 396 g/mol. The van der Waals surface area contributed by atoms with Crippen molar-refractivity contribution >= 4 is 17.0 Å². The van der Waals surface area contributed by atoms with Gasteiger partial charge in [0.15, 0.2) is 17.2 Å². The van der Waals surface area contributed by atoms with E-state index in [1.165, 1.54) is 12.1 Å². The molecule has 2 heterocycles. The van der Waals surface area contributed by atoms with Gasteiger partial charge in [-0.2, -0.15) is 13.2 Å². The minimum atomic E-state index is -4.63. The van der Waals surface area contributed by atoms with Gasteiger partial charge < -0.3 is 14.2 Å². The highest BCUT2D eigenvalue weighted by Crippen LogP contribution is 2.34. The average Bonchev–Trinajstić information content (AvgIpc) is 3.29. The van der Waals surface area contributed by atoms with E-state index in [1.807, 2.05) is 0 Å². The van der Waals surface area contributed by atoms with Crippen molar-refractivity contribution in [2.75, 3.05) is 0 Å². The van der Waals surface area contributed by atoms with Crippen LogP contribution in [0.1, 0.15) is 53.8 Å². The van der Waals surface area contributed by atoms with E-state index in [9.17, 15) is 22.4 Å². The number of nitrogens with zero attached hydrogens (tertiary/aromatic N) is 1. The van der Waals surface area contributed by atoms with E-state index in [0.717, 1.165) is 12.1 Å². The molecule has 3 aromatic rings. The van der Waals surface area contributed by atoms with Crippen LogP contribution in [-0.2, 0) is 6.18 Å². The van der Waals surface area contributed by atoms with Gasteiger partial charge in [0.2, 0.25) is 5.76 Å². The topological polar surface area (TPSA) is 68.3 Å². The van der Waals surface area contributed by atoms with Gasteiger partial charge in [0, 0.05) is 18.0 Å². The van der Waals surface area contributed by atoms with E-state index in [-0.39, 0.29) is 17.7 Å². The summed E-state index contributed by atoms with van der Waals surface area (Å²) in [4.78, 5) is 16.5. The largest absolute Gasteiger partial charge is 0.449 e. The summed E-state index contributed by atoms with van der Waals surface area (Å²) in [5.74, 6) is -2.05. The molecule has 2 aromatic heterocycles. The normalized spacial score (nSPS) is 20.4. The molecule has 5 nitrogen and oxygen atoms in total. The molecule has 9 heteroatoms. The summed E-state index contributed by atoms with van der Waals surface area (Å²) in [6.45, 7) is 0. The Morgan fingerprint density at radius 2 is 1.82 bits per heavy atom. The first-order chi connectivity index (χ1) is 13.3. The van der Waals surface area contributed by atoms with Gasteiger partial charge in [-0.15, -0.1) is 0 Å². The Morgan fingerprint density at radius 1 is 1.07 bits per heavy atom. The highest BCUT2D eigenvalue weighted by atomic mass is 19.4. The molecule has 0 saturated heterocycles. The van der Waals surface area contributed by atoms with Gasteiger partial charge in [-0.3, -0.25) is 4.79 Å². The molecule has 1 aromatic carbocycles. The second-order valence-electron chi connectivity index (χ2n) is 6.85. The number of furan rings is 1. The lowest BCUT2D eigenvalue weighted by atomic mass is 9.86. The minimum absolute atomic E-state index is 0.0454. The van der Waals surface area contributed by atoms with E-state index in [4.69, 9.17) is 4.42 Å². The zero-order valence-corrected chi connectivity index (χ0v) is 14.6. The van der Waals surface area contributed by atoms with E-state index in [2.05, 4.69) is 14.7 Å². The number of rotatable bonds is 3. The summed E-state index contributed by atoms with van der Waals surface area (Å²) in [6, 6.07) is 5.74. The fourth-order valence-electron chi connectivity index (χ4n) is 3.44. The Bertz CT molecular complexity index is 1000. The quantitative estimate of drug-likeness (QED) is 0.630. The molecule has 1 aliphatic rings. The Balaban J connectivity index is 1.36. The summed E-state index contributed by atoms with van der Waals surface area (Å²) >= 11 is 0. The highest BCUT2D eigenvalue weighted by Gasteiger charge is 2.36. The lowest BCUT2D eigenvalue weighted by Gasteiger charge is -2.27. The van der Waals surface area contributed by atoms with Crippen molar-refractivity contribution < 1.29 is 31.2 Å². The lowest BCUT2D eigenvalue weighted by molar-refractivity contribution is -0.153. The van der Waals surface area contributed by atoms with Gasteiger partial charge in [0.05, 0.1) is 0 Å². The molecule has 0 bridgehead atoms. The van der Waals surface area contributed by atoms with Gasteiger partial charge in [0.1, 0.15) is 11.3 Å². The highest BCUT2D eigenvalue weighted by molar-refractivity contribution is 5.91. The van der Waals surface area contributed by atoms with Crippen molar-refractivity contribution in [1.82, 2.24) is 10.3 Å². The van der Waals surface area contributed by atoms with Crippen LogP contribution in [0.4, 0.5) is 17.6 Å². The molecule has 0 spiro atoms. The van der Waals surface area contributed by atoms with Crippen LogP contribution < -0.4 is 5.32 Å². The maximum absolute atomic E-state index is 13.3. The zero-order valence-electron chi connectivity index (χ0n) is 14.6. The van der Waals surface area contributed by atoms with Gasteiger partial charge >= 0.3 is 6.18 Å². The number of benzene rings is 1. The molecule has 0 atom stereocenters. The van der Waals surface area contributed by atoms with Crippen LogP contribution in [0.2, 0.25) is 0 Å². The first-order valence-corrected chi connectivity index (χ1v) is 8.83. The molecule has 0 radical (unpaired) electrons. The molecule has 148 valence electrons. The first kappa shape index (κ1) is 18.5. The first-order valence-electron chi connectivity index (χ1n) is 8.83. The number of carbonyl (C=O) groups is 1. The maximum atomic E-state index is 13.3. The van der Waals surface area contributed by atoms with Gasteiger partial charge in [-0.25, -0.2) is 9.37 Å². The van der Waals surface area contributed by atoms with Crippen molar-refractivity contribution in [2.45, 2.75) is 43.8 Å². The second kappa shape index (κ2) is 6.96. The molecule has 28 heavy (non-hydrogen) atoms. The van der Waals surface area contributed by atoms with Crippen LogP contribution in [0.15, 0.2) is 39.2 Å². The molecule has 4 rings (SSSR count). The predicted octanol–water partition coefficient (Wildman–Crippen LogP) is 5.03. The van der Waals surface area contributed by atoms with Crippen molar-refractivity contribution in [3.8, 4) is 0 Å². The van der Waals surface area contributed by atoms with Crippen LogP contribution in [0.5, 0.6) is 0 Å². The maximum Gasteiger partial charge on any atom is 0.449 e. The number of halogens is 4. The SMILES string of the molecule is O=C(NC1CCC(c2nc3ccc(F)cc3o2)CC1)c1ccc(C(F)(F)F)o1. The summed E-state index contributed by atoms with van der Waals surface area (Å²) in [5, 5.41) is 2.71. The molecular weight excluding hydrogens is 380 g/mol. The fourth-order valence-corrected chi connectivity index (χ4v) is 3.44. The number of carbonyl (C=O) groups excluding carboxylic acids is 1. The standard InChI is InChI=1S/C19H16F4N2O3/c20-11-3-6-13-15(9-11)28-18(25-13)10-1-4-12(5-2-10)24-17(26)14-7-8-16(27-14)19(21,22)23/h3,6-10,12H,1-2,4-5H2,(H,24,26). The Kier molecular flexibility index (Phi) is 4.60. The number of fused-ring (bicyclic) bond motifs is 1. The smallest absolute Gasteiger partial charge is 0.446 e. The molecular formula is C19H16F4N2O3.